The summed E-state index contributed by atoms with van der Waals surface area (Å²) >= 11 is 6.13. The highest BCUT2D eigenvalue weighted by Crippen LogP contribution is 2.27. The van der Waals surface area contributed by atoms with Crippen LogP contribution in [0.1, 0.15) is 25.2 Å². The molecule has 2 aromatic rings. The van der Waals surface area contributed by atoms with Crippen LogP contribution in [-0.4, -0.2) is 17.3 Å². The van der Waals surface area contributed by atoms with Gasteiger partial charge in [0.2, 0.25) is 0 Å². The fourth-order valence-electron chi connectivity index (χ4n) is 1.76. The van der Waals surface area contributed by atoms with Crippen molar-refractivity contribution >= 4 is 24.0 Å². The summed E-state index contributed by atoms with van der Waals surface area (Å²) in [4.78, 5) is 0. The van der Waals surface area contributed by atoms with Crippen molar-refractivity contribution in [1.29, 1.82) is 0 Å². The first-order valence-electron chi connectivity index (χ1n) is 6.62. The maximum atomic E-state index is 9.20. The van der Waals surface area contributed by atoms with Gasteiger partial charge in [-0.1, -0.05) is 23.7 Å². The lowest BCUT2D eigenvalue weighted by molar-refractivity contribution is 0.184. The van der Waals surface area contributed by atoms with E-state index in [1.165, 1.54) is 0 Å². The van der Waals surface area contributed by atoms with Crippen LogP contribution in [-0.2, 0) is 6.54 Å². The predicted molar refractivity (Wildman–Crippen MR) is 89.1 cm³/mol. The topological polar surface area (TPSA) is 45.4 Å². The van der Waals surface area contributed by atoms with E-state index in [2.05, 4.69) is 5.32 Å². The van der Waals surface area contributed by atoms with Crippen molar-refractivity contribution in [2.75, 3.05) is 6.61 Å². The van der Waals surface area contributed by atoms with Crippen LogP contribution in [0.25, 0.3) is 11.3 Å². The van der Waals surface area contributed by atoms with Gasteiger partial charge in [-0.05, 0) is 44.5 Å². The van der Waals surface area contributed by atoms with Gasteiger partial charge in [0.05, 0.1) is 13.2 Å². The first kappa shape index (κ1) is 18.1. The Balaban J connectivity index is 0.00000220. The molecule has 0 radical (unpaired) electrons. The molecule has 0 aliphatic heterocycles. The second-order valence-corrected chi connectivity index (χ2v) is 6.03. The largest absolute Gasteiger partial charge is 0.460 e. The number of rotatable bonds is 5. The summed E-state index contributed by atoms with van der Waals surface area (Å²) in [6, 6.07) is 9.75. The van der Waals surface area contributed by atoms with Gasteiger partial charge < -0.3 is 14.8 Å². The number of benzene rings is 1. The molecular weight excluding hydrogens is 309 g/mol. The van der Waals surface area contributed by atoms with E-state index >= 15 is 0 Å². The number of hydrogen-bond acceptors (Lipinski definition) is 3. The summed E-state index contributed by atoms with van der Waals surface area (Å²) < 4.78 is 5.80. The van der Waals surface area contributed by atoms with Gasteiger partial charge in [-0.3, -0.25) is 0 Å². The molecule has 0 saturated carbocycles. The molecule has 0 unspecified atom stereocenters. The van der Waals surface area contributed by atoms with Crippen LogP contribution in [0.5, 0.6) is 0 Å². The minimum absolute atomic E-state index is 0. The first-order valence-corrected chi connectivity index (χ1v) is 7.00. The van der Waals surface area contributed by atoms with Crippen molar-refractivity contribution in [1.82, 2.24) is 5.32 Å². The van der Waals surface area contributed by atoms with Gasteiger partial charge in [-0.2, -0.15) is 0 Å². The second-order valence-electron chi connectivity index (χ2n) is 5.63. The highest BCUT2D eigenvalue weighted by atomic mass is 35.5. The molecule has 1 aromatic carbocycles. The Morgan fingerprint density at radius 1 is 1.24 bits per heavy atom. The SMILES string of the molecule is Cc1ccc(-c2ccc(CNC(C)(C)CO)o2)cc1Cl.Cl. The molecule has 0 fully saturated rings. The third kappa shape index (κ3) is 4.75. The molecule has 3 nitrogen and oxygen atoms in total. The molecule has 0 atom stereocenters. The smallest absolute Gasteiger partial charge is 0.134 e. The van der Waals surface area contributed by atoms with Crippen LogP contribution in [0.4, 0.5) is 0 Å². The number of hydrogen-bond donors (Lipinski definition) is 2. The van der Waals surface area contributed by atoms with E-state index < -0.39 is 0 Å². The summed E-state index contributed by atoms with van der Waals surface area (Å²) in [7, 11) is 0. The zero-order valence-corrected chi connectivity index (χ0v) is 14.0. The first-order chi connectivity index (χ1) is 9.41. The predicted octanol–water partition coefficient (Wildman–Crippen LogP) is 4.19. The Bertz CT molecular complexity index is 594. The number of furan rings is 1. The Kier molecular flexibility index (Phi) is 6.29. The molecule has 0 amide bonds. The lowest BCUT2D eigenvalue weighted by Gasteiger charge is -2.22. The Morgan fingerprint density at radius 3 is 2.57 bits per heavy atom. The lowest BCUT2D eigenvalue weighted by atomic mass is 10.1. The van der Waals surface area contributed by atoms with E-state index in [1.807, 2.05) is 51.1 Å². The van der Waals surface area contributed by atoms with E-state index in [1.54, 1.807) is 0 Å². The minimum atomic E-state index is -0.319. The number of aryl methyl sites for hydroxylation is 1. The van der Waals surface area contributed by atoms with Gasteiger partial charge in [-0.15, -0.1) is 12.4 Å². The summed E-state index contributed by atoms with van der Waals surface area (Å²) in [6.45, 7) is 6.51. The molecule has 0 bridgehead atoms. The average Bonchev–Trinajstić information content (AvgIpc) is 2.89. The van der Waals surface area contributed by atoms with Crippen molar-refractivity contribution < 1.29 is 9.52 Å². The van der Waals surface area contributed by atoms with Gasteiger partial charge in [0.15, 0.2) is 0 Å². The molecule has 1 aromatic heterocycles. The standard InChI is InChI=1S/C16H20ClNO2.ClH/c1-11-4-5-12(8-14(11)17)15-7-6-13(20-15)9-18-16(2,3)10-19;/h4-8,18-19H,9-10H2,1-3H3;1H. The molecule has 2 rings (SSSR count). The van der Waals surface area contributed by atoms with Gasteiger partial charge >= 0.3 is 0 Å². The Morgan fingerprint density at radius 2 is 1.95 bits per heavy atom. The van der Waals surface area contributed by atoms with Crippen molar-refractivity contribution in [2.24, 2.45) is 0 Å². The third-order valence-electron chi connectivity index (χ3n) is 3.25. The van der Waals surface area contributed by atoms with E-state index in [-0.39, 0.29) is 24.6 Å². The fourth-order valence-corrected chi connectivity index (χ4v) is 1.94. The molecule has 0 aliphatic carbocycles. The molecular formula is C16H21Cl2NO2. The summed E-state index contributed by atoms with van der Waals surface area (Å²) in [5, 5.41) is 13.2. The highest BCUT2D eigenvalue weighted by Gasteiger charge is 2.16. The summed E-state index contributed by atoms with van der Waals surface area (Å²) in [5.41, 5.74) is 1.70. The normalized spacial score (nSPS) is 11.3. The van der Waals surface area contributed by atoms with Gasteiger partial charge in [-0.25, -0.2) is 0 Å². The van der Waals surface area contributed by atoms with E-state index in [9.17, 15) is 5.11 Å². The zero-order valence-electron chi connectivity index (χ0n) is 12.4. The monoisotopic (exact) mass is 329 g/mol. The van der Waals surface area contributed by atoms with Crippen molar-refractivity contribution in [3.05, 3.63) is 46.7 Å². The fraction of sp³-hybridized carbons (Fsp3) is 0.375. The van der Waals surface area contributed by atoms with Crippen molar-refractivity contribution in [2.45, 2.75) is 32.9 Å². The molecule has 116 valence electrons. The molecule has 21 heavy (non-hydrogen) atoms. The van der Waals surface area contributed by atoms with Crippen molar-refractivity contribution in [3.63, 3.8) is 0 Å². The lowest BCUT2D eigenvalue weighted by Crippen LogP contribution is -2.41. The van der Waals surface area contributed by atoms with Gasteiger partial charge in [0.25, 0.3) is 0 Å². The van der Waals surface area contributed by atoms with Crippen LogP contribution in [0.3, 0.4) is 0 Å². The third-order valence-corrected chi connectivity index (χ3v) is 3.66. The molecule has 1 heterocycles. The van der Waals surface area contributed by atoms with Gasteiger partial charge in [0.1, 0.15) is 11.5 Å². The van der Waals surface area contributed by atoms with Crippen LogP contribution in [0, 0.1) is 6.92 Å². The maximum absolute atomic E-state index is 9.20. The van der Waals surface area contributed by atoms with E-state index in [4.69, 9.17) is 16.0 Å². The van der Waals surface area contributed by atoms with E-state index in [0.29, 0.717) is 6.54 Å². The van der Waals surface area contributed by atoms with Crippen molar-refractivity contribution in [3.8, 4) is 11.3 Å². The molecule has 2 N–H and O–H groups in total. The molecule has 0 saturated heterocycles. The highest BCUT2D eigenvalue weighted by molar-refractivity contribution is 6.31. The average molecular weight is 330 g/mol. The Labute approximate surface area is 136 Å². The van der Waals surface area contributed by atoms with Crippen LogP contribution in [0.2, 0.25) is 5.02 Å². The number of halogens is 2. The Hall–Kier alpha value is -1.00. The van der Waals surface area contributed by atoms with Crippen LogP contribution < -0.4 is 5.32 Å². The molecule has 0 aliphatic rings. The minimum Gasteiger partial charge on any atom is -0.460 e. The maximum Gasteiger partial charge on any atom is 0.134 e. The number of nitrogens with one attached hydrogen (secondary N) is 1. The van der Waals surface area contributed by atoms with Gasteiger partial charge in [0, 0.05) is 16.1 Å². The number of aliphatic hydroxyl groups is 1. The zero-order chi connectivity index (χ0) is 14.8. The quantitative estimate of drug-likeness (QED) is 0.864. The summed E-state index contributed by atoms with van der Waals surface area (Å²) in [5.74, 6) is 1.63. The molecule has 5 heteroatoms. The second kappa shape index (κ2) is 7.32. The van der Waals surface area contributed by atoms with Crippen LogP contribution in [0.15, 0.2) is 34.7 Å². The van der Waals surface area contributed by atoms with E-state index in [0.717, 1.165) is 27.7 Å². The number of aliphatic hydroxyl groups excluding tert-OH is 1. The molecule has 0 spiro atoms. The summed E-state index contributed by atoms with van der Waals surface area (Å²) in [6.07, 6.45) is 0. The van der Waals surface area contributed by atoms with Crippen LogP contribution >= 0.6 is 24.0 Å².